The van der Waals surface area contributed by atoms with Crippen LogP contribution in [-0.2, 0) is 21.6 Å². The van der Waals surface area contributed by atoms with Gasteiger partial charge in [-0.25, -0.2) is 8.42 Å². The summed E-state index contributed by atoms with van der Waals surface area (Å²) in [6, 6.07) is 29.1. The molecule has 0 bridgehead atoms. The normalized spacial score (nSPS) is 12.1. The SMILES string of the molecule is COc1ccc(S(=O)c2ccc(C(C)C)cc2)cc1.COc1ccc(S(=O)c2ccc(C=O)cc2)cc1. The van der Waals surface area contributed by atoms with E-state index in [-0.39, 0.29) is 0 Å². The predicted octanol–water partition coefficient (Wildman–Crippen LogP) is 6.66. The maximum atomic E-state index is 12.4. The molecule has 0 amide bonds. The van der Waals surface area contributed by atoms with Crippen LogP contribution in [0.5, 0.6) is 11.5 Å². The molecule has 0 radical (unpaired) electrons. The van der Waals surface area contributed by atoms with Crippen molar-refractivity contribution in [1.82, 2.24) is 0 Å². The van der Waals surface area contributed by atoms with Crippen LogP contribution >= 0.6 is 0 Å². The second kappa shape index (κ2) is 13.7. The molecule has 5 nitrogen and oxygen atoms in total. The van der Waals surface area contributed by atoms with Gasteiger partial charge >= 0.3 is 0 Å². The maximum Gasteiger partial charge on any atom is 0.150 e. The second-order valence-electron chi connectivity index (χ2n) is 8.30. The molecule has 7 heteroatoms. The van der Waals surface area contributed by atoms with E-state index in [1.54, 1.807) is 62.8 Å². The minimum atomic E-state index is -1.24. The summed E-state index contributed by atoms with van der Waals surface area (Å²) in [5.41, 5.74) is 1.83. The van der Waals surface area contributed by atoms with Gasteiger partial charge in [0.05, 0.1) is 35.8 Å². The predicted molar refractivity (Wildman–Crippen MR) is 148 cm³/mol. The van der Waals surface area contributed by atoms with E-state index in [4.69, 9.17) is 9.47 Å². The number of carbonyl (C=O) groups excluding carboxylic acids is 1. The van der Waals surface area contributed by atoms with Gasteiger partial charge in [0.2, 0.25) is 0 Å². The largest absolute Gasteiger partial charge is 0.497 e. The first kappa shape index (κ1) is 28.0. The van der Waals surface area contributed by atoms with Crippen molar-refractivity contribution in [3.05, 3.63) is 108 Å². The average molecular weight is 535 g/mol. The van der Waals surface area contributed by atoms with Crippen molar-refractivity contribution in [3.8, 4) is 11.5 Å². The molecule has 0 aliphatic heterocycles. The van der Waals surface area contributed by atoms with Gasteiger partial charge in [0.1, 0.15) is 17.8 Å². The highest BCUT2D eigenvalue weighted by Crippen LogP contribution is 2.22. The Morgan fingerprint density at radius 3 is 1.19 bits per heavy atom. The molecular weight excluding hydrogens is 504 g/mol. The molecule has 2 atom stereocenters. The Labute approximate surface area is 223 Å². The van der Waals surface area contributed by atoms with Gasteiger partial charge in [0.25, 0.3) is 0 Å². The van der Waals surface area contributed by atoms with Crippen molar-refractivity contribution in [2.75, 3.05) is 14.2 Å². The summed E-state index contributed by atoms with van der Waals surface area (Å²) in [5.74, 6) is 1.99. The Morgan fingerprint density at radius 1 is 0.568 bits per heavy atom. The molecule has 2 unspecified atom stereocenters. The van der Waals surface area contributed by atoms with Crippen LogP contribution in [0, 0.1) is 0 Å². The summed E-state index contributed by atoms with van der Waals surface area (Å²) in [6.07, 6.45) is 0.764. The summed E-state index contributed by atoms with van der Waals surface area (Å²) in [5, 5.41) is 0. The lowest BCUT2D eigenvalue weighted by atomic mass is 10.0. The third-order valence-electron chi connectivity index (χ3n) is 5.54. The van der Waals surface area contributed by atoms with E-state index in [1.165, 1.54) is 5.56 Å². The fraction of sp³-hybridized carbons (Fsp3) is 0.167. The van der Waals surface area contributed by atoms with Crippen molar-refractivity contribution < 1.29 is 22.7 Å². The average Bonchev–Trinajstić information content (AvgIpc) is 2.97. The van der Waals surface area contributed by atoms with Crippen LogP contribution in [0.15, 0.2) is 117 Å². The molecule has 0 heterocycles. The maximum absolute atomic E-state index is 12.4. The highest BCUT2D eigenvalue weighted by atomic mass is 32.2. The number of methoxy groups -OCH3 is 2. The van der Waals surface area contributed by atoms with E-state index < -0.39 is 21.6 Å². The molecule has 0 aliphatic rings. The third kappa shape index (κ3) is 7.71. The van der Waals surface area contributed by atoms with E-state index in [0.717, 1.165) is 27.6 Å². The Bertz CT molecular complexity index is 1330. The van der Waals surface area contributed by atoms with Gasteiger partial charge < -0.3 is 9.47 Å². The second-order valence-corrected chi connectivity index (χ2v) is 11.3. The third-order valence-corrected chi connectivity index (χ3v) is 8.34. The standard InChI is InChI=1S/C16H18O2S.C14H12O3S/c1-12(2)13-4-8-15(9-5-13)19(17)16-10-6-14(18-3)7-11-16;1-17-12-4-8-14(9-5-12)18(16)13-6-2-11(10-15)3-7-13/h4-12H,1-3H3;2-10H,1H3. The first-order valence-corrected chi connectivity index (χ1v) is 13.9. The van der Waals surface area contributed by atoms with Crippen LogP contribution < -0.4 is 9.47 Å². The number of hydrogen-bond acceptors (Lipinski definition) is 5. The molecule has 4 aromatic carbocycles. The van der Waals surface area contributed by atoms with Gasteiger partial charge in [-0.05, 0) is 84.3 Å². The van der Waals surface area contributed by atoms with Gasteiger partial charge in [-0.1, -0.05) is 38.1 Å². The molecule has 0 spiro atoms. The molecule has 0 fully saturated rings. The molecule has 4 aromatic rings. The van der Waals surface area contributed by atoms with Crippen LogP contribution in [0.1, 0.15) is 35.7 Å². The van der Waals surface area contributed by atoms with Crippen molar-refractivity contribution in [2.45, 2.75) is 39.3 Å². The van der Waals surface area contributed by atoms with Crippen LogP contribution in [-0.4, -0.2) is 28.9 Å². The van der Waals surface area contributed by atoms with E-state index in [9.17, 15) is 13.2 Å². The zero-order valence-electron chi connectivity index (χ0n) is 21.3. The zero-order valence-corrected chi connectivity index (χ0v) is 22.9. The summed E-state index contributed by atoms with van der Waals surface area (Å²) in [6.45, 7) is 4.30. The van der Waals surface area contributed by atoms with Crippen molar-refractivity contribution in [1.29, 1.82) is 0 Å². The summed E-state index contributed by atoms with van der Waals surface area (Å²) in [4.78, 5) is 13.5. The molecule has 0 aliphatic carbocycles. The number of ether oxygens (including phenoxy) is 2. The number of aldehydes is 1. The smallest absolute Gasteiger partial charge is 0.150 e. The number of hydrogen-bond donors (Lipinski definition) is 0. The lowest BCUT2D eigenvalue weighted by molar-refractivity contribution is 0.112. The summed E-state index contributed by atoms with van der Waals surface area (Å²) >= 11 is 0. The van der Waals surface area contributed by atoms with Gasteiger partial charge in [-0.2, -0.15) is 0 Å². The van der Waals surface area contributed by atoms with E-state index in [0.29, 0.717) is 21.3 Å². The quantitative estimate of drug-likeness (QED) is 0.237. The number of carbonyl (C=O) groups is 1. The molecule has 4 rings (SSSR count). The molecule has 0 saturated heterocycles. The monoisotopic (exact) mass is 534 g/mol. The van der Waals surface area contributed by atoms with Gasteiger partial charge in [0.15, 0.2) is 0 Å². The van der Waals surface area contributed by atoms with Gasteiger partial charge in [-0.3, -0.25) is 4.79 Å². The zero-order chi connectivity index (χ0) is 26.8. The number of rotatable bonds is 8. The Morgan fingerprint density at radius 2 is 0.892 bits per heavy atom. The Hall–Kier alpha value is -3.55. The first-order chi connectivity index (χ1) is 17.9. The molecule has 37 heavy (non-hydrogen) atoms. The Kier molecular flexibility index (Phi) is 10.4. The molecule has 192 valence electrons. The van der Waals surface area contributed by atoms with E-state index >= 15 is 0 Å². The summed E-state index contributed by atoms with van der Waals surface area (Å²) in [7, 11) is 0.836. The van der Waals surface area contributed by atoms with Gasteiger partial charge in [0, 0.05) is 25.1 Å². The fourth-order valence-corrected chi connectivity index (χ4v) is 5.39. The lowest BCUT2D eigenvalue weighted by Gasteiger charge is -2.07. The van der Waals surface area contributed by atoms with Crippen LogP contribution in [0.2, 0.25) is 0 Å². The van der Waals surface area contributed by atoms with Crippen molar-refractivity contribution in [2.24, 2.45) is 0 Å². The topological polar surface area (TPSA) is 69.7 Å². The van der Waals surface area contributed by atoms with Crippen LogP contribution in [0.4, 0.5) is 0 Å². The van der Waals surface area contributed by atoms with E-state index in [2.05, 4.69) is 13.8 Å². The molecule has 0 saturated carbocycles. The Balaban J connectivity index is 0.000000206. The number of benzene rings is 4. The fourth-order valence-electron chi connectivity index (χ4n) is 3.32. The minimum Gasteiger partial charge on any atom is -0.497 e. The van der Waals surface area contributed by atoms with Crippen LogP contribution in [0.3, 0.4) is 0 Å². The minimum absolute atomic E-state index is 0.489. The van der Waals surface area contributed by atoms with E-state index in [1.807, 2.05) is 48.5 Å². The lowest BCUT2D eigenvalue weighted by Crippen LogP contribution is -1.94. The van der Waals surface area contributed by atoms with Gasteiger partial charge in [-0.15, -0.1) is 0 Å². The van der Waals surface area contributed by atoms with Crippen molar-refractivity contribution >= 4 is 27.9 Å². The first-order valence-electron chi connectivity index (χ1n) is 11.6. The molecule has 0 N–H and O–H groups in total. The molecule has 0 aromatic heterocycles. The summed E-state index contributed by atoms with van der Waals surface area (Å²) < 4.78 is 34.8. The van der Waals surface area contributed by atoms with Crippen LogP contribution in [0.25, 0.3) is 0 Å². The molecular formula is C30H30O5S2. The highest BCUT2D eigenvalue weighted by molar-refractivity contribution is 7.85. The highest BCUT2D eigenvalue weighted by Gasteiger charge is 2.09. The van der Waals surface area contributed by atoms with Crippen molar-refractivity contribution in [3.63, 3.8) is 0 Å².